The quantitative estimate of drug-likeness (QED) is 0.770. The number of rotatable bonds is 6. The molecule has 20 heavy (non-hydrogen) atoms. The molecule has 1 aromatic rings. The first-order valence-electron chi connectivity index (χ1n) is 6.67. The molecule has 0 amide bonds. The van der Waals surface area contributed by atoms with Crippen LogP contribution >= 0.6 is 0 Å². The summed E-state index contributed by atoms with van der Waals surface area (Å²) in [7, 11) is -3.53. The van der Waals surface area contributed by atoms with E-state index >= 15 is 0 Å². The van der Waals surface area contributed by atoms with Crippen LogP contribution in [0.25, 0.3) is 0 Å². The van der Waals surface area contributed by atoms with Crippen molar-refractivity contribution in [3.63, 3.8) is 0 Å². The van der Waals surface area contributed by atoms with Crippen molar-refractivity contribution >= 4 is 10.0 Å². The minimum atomic E-state index is -3.53. The molecule has 0 radical (unpaired) electrons. The van der Waals surface area contributed by atoms with Gasteiger partial charge in [0, 0.05) is 24.5 Å². The average Bonchev–Trinajstić information content (AvgIpc) is 2.46. The van der Waals surface area contributed by atoms with Crippen LogP contribution in [0.3, 0.4) is 0 Å². The van der Waals surface area contributed by atoms with E-state index in [0.717, 1.165) is 12.8 Å². The first kappa shape index (κ1) is 16.6. The molecular weight excluding hydrogens is 274 g/mol. The van der Waals surface area contributed by atoms with Gasteiger partial charge in [-0.3, -0.25) is 4.98 Å². The summed E-state index contributed by atoms with van der Waals surface area (Å²) in [6, 6.07) is 1.50. The highest BCUT2D eigenvalue weighted by molar-refractivity contribution is 7.89. The summed E-state index contributed by atoms with van der Waals surface area (Å²) in [6.07, 6.45) is 4.73. The third-order valence-corrected chi connectivity index (χ3v) is 4.47. The van der Waals surface area contributed by atoms with Crippen LogP contribution in [-0.4, -0.2) is 26.5 Å². The minimum absolute atomic E-state index is 0.132. The van der Waals surface area contributed by atoms with Crippen molar-refractivity contribution in [3.05, 3.63) is 24.0 Å². The molecule has 3 N–H and O–H groups in total. The maximum atomic E-state index is 12.2. The van der Waals surface area contributed by atoms with E-state index in [4.69, 9.17) is 5.73 Å². The van der Waals surface area contributed by atoms with Gasteiger partial charge in [-0.1, -0.05) is 38.5 Å². The fourth-order valence-corrected chi connectivity index (χ4v) is 2.78. The molecule has 6 heteroatoms. The number of pyridine rings is 1. The normalized spacial score (nSPS) is 11.2. The Morgan fingerprint density at radius 3 is 2.65 bits per heavy atom. The van der Waals surface area contributed by atoms with E-state index in [-0.39, 0.29) is 11.4 Å². The molecular formula is C14H21N3O2S. The number of nitrogens with zero attached hydrogens (tertiary/aromatic N) is 1. The van der Waals surface area contributed by atoms with Gasteiger partial charge in [0.25, 0.3) is 0 Å². The molecule has 0 unspecified atom stereocenters. The van der Waals surface area contributed by atoms with Gasteiger partial charge in [0.05, 0.1) is 6.54 Å². The molecule has 0 atom stereocenters. The summed E-state index contributed by atoms with van der Waals surface area (Å²) in [5, 5.41) is 0. The van der Waals surface area contributed by atoms with E-state index in [0.29, 0.717) is 18.0 Å². The molecule has 0 bridgehead atoms. The lowest BCUT2D eigenvalue weighted by Gasteiger charge is -2.13. The second-order valence-electron chi connectivity index (χ2n) is 4.45. The summed E-state index contributed by atoms with van der Waals surface area (Å²) < 4.78 is 27.0. The van der Waals surface area contributed by atoms with E-state index in [1.54, 1.807) is 0 Å². The summed E-state index contributed by atoms with van der Waals surface area (Å²) in [5.74, 6) is 5.79. The van der Waals surface area contributed by atoms with Crippen molar-refractivity contribution in [2.75, 3.05) is 13.1 Å². The van der Waals surface area contributed by atoms with Crippen LogP contribution < -0.4 is 10.5 Å². The molecule has 0 aliphatic rings. The summed E-state index contributed by atoms with van der Waals surface area (Å²) in [4.78, 5) is 4.04. The fraction of sp³-hybridized carbons (Fsp3) is 0.500. The van der Waals surface area contributed by atoms with Crippen molar-refractivity contribution in [2.45, 2.75) is 31.6 Å². The maximum absolute atomic E-state index is 12.2. The smallest absolute Gasteiger partial charge is 0.242 e. The summed E-state index contributed by atoms with van der Waals surface area (Å²) in [5.41, 5.74) is 5.83. The Hall–Kier alpha value is -1.42. The zero-order valence-corrected chi connectivity index (χ0v) is 12.7. The van der Waals surface area contributed by atoms with E-state index in [1.807, 2.05) is 13.8 Å². The molecule has 0 saturated carbocycles. The lowest BCUT2D eigenvalue weighted by Crippen LogP contribution is -2.29. The molecule has 0 saturated heterocycles. The monoisotopic (exact) mass is 295 g/mol. The van der Waals surface area contributed by atoms with Gasteiger partial charge in [-0.15, -0.1) is 0 Å². The number of nitrogens with two attached hydrogens (primary N) is 1. The third-order valence-electron chi connectivity index (χ3n) is 3.07. The molecule has 1 rings (SSSR count). The van der Waals surface area contributed by atoms with Crippen LogP contribution in [0.4, 0.5) is 0 Å². The topological polar surface area (TPSA) is 85.1 Å². The van der Waals surface area contributed by atoms with Gasteiger partial charge >= 0.3 is 0 Å². The SMILES string of the molecule is CCC(CC)CNS(=O)(=O)c1cncc(C#CCN)c1. The van der Waals surface area contributed by atoms with Crippen LogP contribution in [0.15, 0.2) is 23.4 Å². The van der Waals surface area contributed by atoms with Crippen molar-refractivity contribution in [1.29, 1.82) is 0 Å². The lowest BCUT2D eigenvalue weighted by atomic mass is 10.0. The Labute approximate surface area is 121 Å². The molecule has 0 fully saturated rings. The largest absolute Gasteiger partial charge is 0.320 e. The van der Waals surface area contributed by atoms with E-state index in [1.165, 1.54) is 18.5 Å². The van der Waals surface area contributed by atoms with Gasteiger partial charge in [0.1, 0.15) is 4.90 Å². The zero-order valence-electron chi connectivity index (χ0n) is 11.9. The van der Waals surface area contributed by atoms with Gasteiger partial charge in [0.15, 0.2) is 0 Å². The molecule has 1 aromatic heterocycles. The van der Waals surface area contributed by atoms with E-state index < -0.39 is 10.0 Å². The fourth-order valence-electron chi connectivity index (χ4n) is 1.68. The maximum Gasteiger partial charge on any atom is 0.242 e. The van der Waals surface area contributed by atoms with Gasteiger partial charge < -0.3 is 5.73 Å². The Morgan fingerprint density at radius 1 is 1.35 bits per heavy atom. The van der Waals surface area contributed by atoms with Crippen molar-refractivity contribution in [3.8, 4) is 11.8 Å². The Balaban J connectivity index is 2.87. The van der Waals surface area contributed by atoms with Crippen LogP contribution in [0.1, 0.15) is 32.3 Å². The van der Waals surface area contributed by atoms with Gasteiger partial charge in [0.2, 0.25) is 10.0 Å². The Kier molecular flexibility index (Phi) is 6.65. The van der Waals surface area contributed by atoms with Crippen LogP contribution in [0.5, 0.6) is 0 Å². The van der Waals surface area contributed by atoms with Crippen molar-refractivity contribution in [1.82, 2.24) is 9.71 Å². The standard InChI is InChI=1S/C14H21N3O2S/c1-3-12(4-2)10-17-20(18,19)14-8-13(6-5-7-15)9-16-11-14/h8-9,11-12,17H,3-4,7,10,15H2,1-2H3. The number of hydrogen-bond acceptors (Lipinski definition) is 4. The first-order chi connectivity index (χ1) is 9.53. The zero-order chi connectivity index (χ0) is 15.0. The summed E-state index contributed by atoms with van der Waals surface area (Å²) >= 11 is 0. The van der Waals surface area contributed by atoms with Gasteiger partial charge in [-0.05, 0) is 12.0 Å². The second kappa shape index (κ2) is 8.00. The molecule has 0 spiro atoms. The predicted octanol–water partition coefficient (Wildman–Crippen LogP) is 1.11. The number of sulfonamides is 1. The predicted molar refractivity (Wildman–Crippen MR) is 79.4 cm³/mol. The van der Waals surface area contributed by atoms with Crippen LogP contribution in [-0.2, 0) is 10.0 Å². The lowest BCUT2D eigenvalue weighted by molar-refractivity contribution is 0.479. The molecule has 110 valence electrons. The van der Waals surface area contributed by atoms with Crippen molar-refractivity contribution < 1.29 is 8.42 Å². The van der Waals surface area contributed by atoms with E-state index in [2.05, 4.69) is 21.5 Å². The Morgan fingerprint density at radius 2 is 2.05 bits per heavy atom. The van der Waals surface area contributed by atoms with Crippen LogP contribution in [0, 0.1) is 17.8 Å². The van der Waals surface area contributed by atoms with Crippen LogP contribution in [0.2, 0.25) is 0 Å². The highest BCUT2D eigenvalue weighted by Crippen LogP contribution is 2.11. The van der Waals surface area contributed by atoms with Gasteiger partial charge in [-0.2, -0.15) is 0 Å². The first-order valence-corrected chi connectivity index (χ1v) is 8.15. The molecule has 0 aliphatic carbocycles. The molecule has 0 aromatic carbocycles. The van der Waals surface area contributed by atoms with Crippen molar-refractivity contribution in [2.24, 2.45) is 11.7 Å². The minimum Gasteiger partial charge on any atom is -0.320 e. The summed E-state index contributed by atoms with van der Waals surface area (Å²) in [6.45, 7) is 4.76. The number of aromatic nitrogens is 1. The second-order valence-corrected chi connectivity index (χ2v) is 6.22. The molecule has 5 nitrogen and oxygen atoms in total. The Bertz CT molecular complexity index is 584. The van der Waals surface area contributed by atoms with E-state index in [9.17, 15) is 8.42 Å². The number of hydrogen-bond donors (Lipinski definition) is 2. The average molecular weight is 295 g/mol. The molecule has 1 heterocycles. The number of nitrogens with one attached hydrogen (secondary N) is 1. The molecule has 0 aliphatic heterocycles. The van der Waals surface area contributed by atoms with Gasteiger partial charge in [-0.25, -0.2) is 13.1 Å². The highest BCUT2D eigenvalue weighted by Gasteiger charge is 2.16. The highest BCUT2D eigenvalue weighted by atomic mass is 32.2. The third kappa shape index (κ3) is 4.93.